The van der Waals surface area contributed by atoms with Crippen molar-refractivity contribution in [3.05, 3.63) is 41.7 Å². The van der Waals surface area contributed by atoms with Gasteiger partial charge in [-0.25, -0.2) is 9.97 Å². The lowest BCUT2D eigenvalue weighted by Gasteiger charge is -2.30. The first-order valence-corrected chi connectivity index (χ1v) is 9.67. The van der Waals surface area contributed by atoms with E-state index in [1.165, 1.54) is 0 Å². The maximum absolute atomic E-state index is 12.5. The predicted octanol–water partition coefficient (Wildman–Crippen LogP) is 2.70. The number of carbonyl (C=O) groups excluding carboxylic acids is 1. The Balaban J connectivity index is 1.56. The molecule has 1 N–H and O–H groups in total. The predicted molar refractivity (Wildman–Crippen MR) is 108 cm³/mol. The standard InChI is InChI=1S/C21H28N4O3/c1-15-8-12-25(13-9-15)21-23-11-7-17(24-21)20(26)22-10-6-16-4-5-18(27-2)19(14-16)28-3/h4-5,7,11,14-15H,6,8-10,12-13H2,1-3H3,(H,22,26). The summed E-state index contributed by atoms with van der Waals surface area (Å²) in [7, 11) is 3.22. The molecule has 0 unspecified atom stereocenters. The molecule has 1 saturated heterocycles. The summed E-state index contributed by atoms with van der Waals surface area (Å²) in [5.41, 5.74) is 1.46. The number of anilines is 1. The van der Waals surface area contributed by atoms with Crippen molar-refractivity contribution in [3.8, 4) is 11.5 Å². The second-order valence-corrected chi connectivity index (χ2v) is 7.11. The molecule has 7 heteroatoms. The summed E-state index contributed by atoms with van der Waals surface area (Å²) in [6.07, 6.45) is 4.61. The van der Waals surface area contributed by atoms with Gasteiger partial charge in [-0.3, -0.25) is 4.79 Å². The van der Waals surface area contributed by atoms with Gasteiger partial charge in [-0.2, -0.15) is 0 Å². The van der Waals surface area contributed by atoms with Crippen LogP contribution in [0.15, 0.2) is 30.5 Å². The largest absolute Gasteiger partial charge is 0.493 e. The van der Waals surface area contributed by atoms with Crippen LogP contribution in [0.1, 0.15) is 35.8 Å². The minimum atomic E-state index is -0.186. The number of methoxy groups -OCH3 is 2. The molecule has 1 aliphatic heterocycles. The van der Waals surface area contributed by atoms with E-state index in [2.05, 4.69) is 27.1 Å². The van der Waals surface area contributed by atoms with Crippen LogP contribution in [0.25, 0.3) is 0 Å². The van der Waals surface area contributed by atoms with Gasteiger partial charge in [0.2, 0.25) is 5.95 Å². The van der Waals surface area contributed by atoms with Crippen LogP contribution in [0.3, 0.4) is 0 Å². The van der Waals surface area contributed by atoms with Crippen molar-refractivity contribution in [2.24, 2.45) is 5.92 Å². The summed E-state index contributed by atoms with van der Waals surface area (Å²) >= 11 is 0. The smallest absolute Gasteiger partial charge is 0.270 e. The lowest BCUT2D eigenvalue weighted by atomic mass is 10.00. The Bertz CT molecular complexity index is 804. The summed E-state index contributed by atoms with van der Waals surface area (Å²) < 4.78 is 10.6. The Morgan fingerprint density at radius 3 is 2.64 bits per heavy atom. The number of hydrogen-bond donors (Lipinski definition) is 1. The van der Waals surface area contributed by atoms with E-state index in [-0.39, 0.29) is 5.91 Å². The number of amides is 1. The molecule has 1 aromatic carbocycles. The number of nitrogens with zero attached hydrogens (tertiary/aromatic N) is 3. The fraction of sp³-hybridized carbons (Fsp3) is 0.476. The molecule has 7 nitrogen and oxygen atoms in total. The van der Waals surface area contributed by atoms with Crippen LogP contribution in [0.2, 0.25) is 0 Å². The van der Waals surface area contributed by atoms with E-state index in [4.69, 9.17) is 9.47 Å². The highest BCUT2D eigenvalue weighted by Gasteiger charge is 2.19. The molecule has 2 heterocycles. The normalized spacial score (nSPS) is 14.6. The highest BCUT2D eigenvalue weighted by molar-refractivity contribution is 5.92. The van der Waals surface area contributed by atoms with Crippen molar-refractivity contribution in [1.29, 1.82) is 0 Å². The minimum absolute atomic E-state index is 0.186. The molecule has 1 fully saturated rings. The lowest BCUT2D eigenvalue weighted by Crippen LogP contribution is -2.35. The first kappa shape index (κ1) is 19.9. The van der Waals surface area contributed by atoms with Crippen LogP contribution in [-0.2, 0) is 6.42 Å². The maximum atomic E-state index is 12.5. The lowest BCUT2D eigenvalue weighted by molar-refractivity contribution is 0.0949. The van der Waals surface area contributed by atoms with Crippen LogP contribution < -0.4 is 19.7 Å². The highest BCUT2D eigenvalue weighted by atomic mass is 16.5. The molecular formula is C21H28N4O3. The zero-order chi connectivity index (χ0) is 19.9. The SMILES string of the molecule is COc1ccc(CCNC(=O)c2ccnc(N3CCC(C)CC3)n2)cc1OC. The molecule has 0 saturated carbocycles. The Kier molecular flexibility index (Phi) is 6.68. The fourth-order valence-electron chi connectivity index (χ4n) is 3.28. The van der Waals surface area contributed by atoms with Crippen molar-refractivity contribution < 1.29 is 14.3 Å². The van der Waals surface area contributed by atoms with Gasteiger partial charge in [-0.15, -0.1) is 0 Å². The molecule has 150 valence electrons. The number of piperidine rings is 1. The second kappa shape index (κ2) is 9.39. The number of benzene rings is 1. The number of hydrogen-bond acceptors (Lipinski definition) is 6. The van der Waals surface area contributed by atoms with E-state index in [9.17, 15) is 4.79 Å². The number of nitrogens with one attached hydrogen (secondary N) is 1. The zero-order valence-electron chi connectivity index (χ0n) is 16.8. The Morgan fingerprint density at radius 2 is 1.93 bits per heavy atom. The summed E-state index contributed by atoms with van der Waals surface area (Å²) in [5, 5.41) is 2.93. The number of carbonyl (C=O) groups is 1. The highest BCUT2D eigenvalue weighted by Crippen LogP contribution is 2.27. The second-order valence-electron chi connectivity index (χ2n) is 7.11. The number of ether oxygens (including phenoxy) is 2. The van der Waals surface area contributed by atoms with Crippen LogP contribution in [-0.4, -0.2) is 49.7 Å². The monoisotopic (exact) mass is 384 g/mol. The van der Waals surface area contributed by atoms with Gasteiger partial charge in [0.1, 0.15) is 5.69 Å². The molecule has 0 radical (unpaired) electrons. The molecule has 1 amide bonds. The first-order valence-electron chi connectivity index (χ1n) is 9.67. The van der Waals surface area contributed by atoms with Gasteiger partial charge in [-0.05, 0) is 48.9 Å². The van der Waals surface area contributed by atoms with Crippen molar-refractivity contribution >= 4 is 11.9 Å². The summed E-state index contributed by atoms with van der Waals surface area (Å²) in [4.78, 5) is 23.4. The third-order valence-corrected chi connectivity index (χ3v) is 5.09. The molecule has 0 atom stereocenters. The summed E-state index contributed by atoms with van der Waals surface area (Å²) in [6, 6.07) is 7.41. The van der Waals surface area contributed by atoms with E-state index in [1.807, 2.05) is 18.2 Å². The van der Waals surface area contributed by atoms with E-state index in [0.29, 0.717) is 36.1 Å². The molecule has 1 aromatic heterocycles. The van der Waals surface area contributed by atoms with Gasteiger partial charge in [0.15, 0.2) is 11.5 Å². The third kappa shape index (κ3) is 4.91. The van der Waals surface area contributed by atoms with Crippen LogP contribution >= 0.6 is 0 Å². The average molecular weight is 384 g/mol. The van der Waals surface area contributed by atoms with Gasteiger partial charge < -0.3 is 19.7 Å². The van der Waals surface area contributed by atoms with Crippen LogP contribution in [0.5, 0.6) is 11.5 Å². The molecule has 0 bridgehead atoms. The quantitative estimate of drug-likeness (QED) is 0.791. The van der Waals surface area contributed by atoms with Crippen LogP contribution in [0.4, 0.5) is 5.95 Å². The average Bonchev–Trinajstić information content (AvgIpc) is 2.74. The van der Waals surface area contributed by atoms with Gasteiger partial charge in [0.05, 0.1) is 14.2 Å². The Hall–Kier alpha value is -2.83. The van der Waals surface area contributed by atoms with Crippen molar-refractivity contribution in [1.82, 2.24) is 15.3 Å². The van der Waals surface area contributed by atoms with Crippen molar-refractivity contribution in [2.75, 3.05) is 38.8 Å². The maximum Gasteiger partial charge on any atom is 0.270 e. The third-order valence-electron chi connectivity index (χ3n) is 5.09. The number of aromatic nitrogens is 2. The molecule has 1 aliphatic rings. The molecule has 3 rings (SSSR count). The number of rotatable bonds is 7. The van der Waals surface area contributed by atoms with Gasteiger partial charge in [-0.1, -0.05) is 13.0 Å². The van der Waals surface area contributed by atoms with Gasteiger partial charge in [0, 0.05) is 25.8 Å². The van der Waals surface area contributed by atoms with E-state index >= 15 is 0 Å². The van der Waals surface area contributed by atoms with E-state index < -0.39 is 0 Å². The van der Waals surface area contributed by atoms with Gasteiger partial charge >= 0.3 is 0 Å². The molecule has 0 aliphatic carbocycles. The Morgan fingerprint density at radius 1 is 1.18 bits per heavy atom. The van der Waals surface area contributed by atoms with E-state index in [0.717, 1.165) is 37.4 Å². The minimum Gasteiger partial charge on any atom is -0.493 e. The van der Waals surface area contributed by atoms with Crippen molar-refractivity contribution in [3.63, 3.8) is 0 Å². The topological polar surface area (TPSA) is 76.6 Å². The Labute approximate surface area is 166 Å². The van der Waals surface area contributed by atoms with Crippen LogP contribution in [0, 0.1) is 5.92 Å². The molecule has 2 aromatic rings. The van der Waals surface area contributed by atoms with Crippen molar-refractivity contribution in [2.45, 2.75) is 26.2 Å². The van der Waals surface area contributed by atoms with E-state index in [1.54, 1.807) is 26.5 Å². The molecule has 28 heavy (non-hydrogen) atoms. The summed E-state index contributed by atoms with van der Waals surface area (Å²) in [6.45, 7) is 4.65. The zero-order valence-corrected chi connectivity index (χ0v) is 16.8. The molecular weight excluding hydrogens is 356 g/mol. The van der Waals surface area contributed by atoms with Gasteiger partial charge in [0.25, 0.3) is 5.91 Å². The first-order chi connectivity index (χ1) is 13.6. The summed E-state index contributed by atoms with van der Waals surface area (Å²) in [5.74, 6) is 2.56. The molecule has 0 spiro atoms. The fourth-order valence-corrected chi connectivity index (χ4v) is 3.28.